The average molecular weight is 462 g/mol. The van der Waals surface area contributed by atoms with Crippen LogP contribution in [0.4, 0.5) is 0 Å². The van der Waals surface area contributed by atoms with Gasteiger partial charge < -0.3 is 4.90 Å². The van der Waals surface area contributed by atoms with Crippen molar-refractivity contribution in [3.05, 3.63) is 52.8 Å². The number of piperidine rings is 1. The van der Waals surface area contributed by atoms with Crippen LogP contribution in [0.3, 0.4) is 0 Å². The Kier molecular flexibility index (Phi) is 6.61. The number of hydrogen-bond donors (Lipinski definition) is 0. The van der Waals surface area contributed by atoms with E-state index in [-0.39, 0.29) is 11.7 Å². The van der Waals surface area contributed by atoms with E-state index in [2.05, 4.69) is 22.1 Å². The van der Waals surface area contributed by atoms with Crippen molar-refractivity contribution in [3.8, 4) is 17.1 Å². The monoisotopic (exact) mass is 461 g/mol. The normalized spacial score (nSPS) is 14.8. The second-order valence-corrected chi connectivity index (χ2v) is 9.12. The molecule has 1 aliphatic rings. The molecule has 6 nitrogen and oxygen atoms in total. The van der Waals surface area contributed by atoms with Gasteiger partial charge in [0.25, 0.3) is 0 Å². The highest BCUT2D eigenvalue weighted by Crippen LogP contribution is 2.33. The molecular weight excluding hydrogens is 441 g/mol. The van der Waals surface area contributed by atoms with E-state index in [4.69, 9.17) is 23.2 Å². The Morgan fingerprint density at radius 3 is 2.73 bits per heavy atom. The molecule has 0 bridgehead atoms. The van der Waals surface area contributed by atoms with Gasteiger partial charge in [-0.1, -0.05) is 41.9 Å². The van der Waals surface area contributed by atoms with Crippen LogP contribution in [0, 0.1) is 5.92 Å². The highest BCUT2D eigenvalue weighted by molar-refractivity contribution is 7.99. The first-order chi connectivity index (χ1) is 14.5. The molecule has 1 saturated heterocycles. The van der Waals surface area contributed by atoms with Crippen LogP contribution >= 0.6 is 35.0 Å². The molecule has 0 radical (unpaired) electrons. The number of likely N-dealkylation sites (tertiary alicyclic amines) is 1. The van der Waals surface area contributed by atoms with Crippen molar-refractivity contribution in [2.24, 2.45) is 5.92 Å². The van der Waals surface area contributed by atoms with Crippen LogP contribution in [-0.4, -0.2) is 49.4 Å². The summed E-state index contributed by atoms with van der Waals surface area (Å²) < 4.78 is 1.83. The third kappa shape index (κ3) is 4.63. The third-order valence-corrected chi connectivity index (χ3v) is 6.63. The largest absolute Gasteiger partial charge is 0.342 e. The zero-order valence-electron chi connectivity index (χ0n) is 16.5. The Balaban J connectivity index is 1.64. The summed E-state index contributed by atoms with van der Waals surface area (Å²) in [6.45, 7) is 3.86. The minimum Gasteiger partial charge on any atom is -0.342 e. The van der Waals surface area contributed by atoms with Crippen LogP contribution < -0.4 is 0 Å². The van der Waals surface area contributed by atoms with Gasteiger partial charge in [0, 0.05) is 36.1 Å². The van der Waals surface area contributed by atoms with Crippen molar-refractivity contribution in [1.82, 2.24) is 24.6 Å². The average Bonchev–Trinajstić information content (AvgIpc) is 3.18. The molecular formula is C21H21Cl2N5OS. The number of rotatable bonds is 5. The molecule has 0 atom stereocenters. The smallest absolute Gasteiger partial charge is 0.233 e. The molecule has 0 saturated carbocycles. The van der Waals surface area contributed by atoms with Crippen molar-refractivity contribution < 1.29 is 4.79 Å². The zero-order chi connectivity index (χ0) is 21.1. The summed E-state index contributed by atoms with van der Waals surface area (Å²) in [5.74, 6) is 1.67. The maximum atomic E-state index is 12.7. The van der Waals surface area contributed by atoms with E-state index in [1.165, 1.54) is 11.8 Å². The minimum absolute atomic E-state index is 0.113. The minimum atomic E-state index is 0.113. The van der Waals surface area contributed by atoms with Gasteiger partial charge in [-0.2, -0.15) is 0 Å². The summed E-state index contributed by atoms with van der Waals surface area (Å²) >= 11 is 14.1. The molecule has 0 spiro atoms. The van der Waals surface area contributed by atoms with Gasteiger partial charge in [-0.15, -0.1) is 10.2 Å². The van der Waals surface area contributed by atoms with Crippen LogP contribution in [0.1, 0.15) is 19.8 Å². The number of pyridine rings is 1. The molecule has 156 valence electrons. The Bertz CT molecular complexity index is 1040. The van der Waals surface area contributed by atoms with Crippen molar-refractivity contribution >= 4 is 40.9 Å². The molecule has 1 aromatic carbocycles. The van der Waals surface area contributed by atoms with E-state index in [1.807, 2.05) is 21.6 Å². The molecule has 1 fully saturated rings. The number of halogens is 2. The molecule has 4 rings (SSSR count). The van der Waals surface area contributed by atoms with Crippen molar-refractivity contribution in [2.45, 2.75) is 24.9 Å². The summed E-state index contributed by atoms with van der Waals surface area (Å²) in [5.41, 5.74) is 1.46. The first kappa shape index (κ1) is 21.2. The van der Waals surface area contributed by atoms with Crippen molar-refractivity contribution in [3.63, 3.8) is 0 Å². The number of thioether (sulfide) groups is 1. The number of carbonyl (C=O) groups excluding carboxylic acids is 1. The summed E-state index contributed by atoms with van der Waals surface area (Å²) in [6, 6.07) is 8.98. The van der Waals surface area contributed by atoms with E-state index >= 15 is 0 Å². The number of nitrogens with zero attached hydrogens (tertiary/aromatic N) is 5. The van der Waals surface area contributed by atoms with Crippen LogP contribution in [-0.2, 0) is 4.79 Å². The predicted octanol–water partition coefficient (Wildman–Crippen LogP) is 4.99. The van der Waals surface area contributed by atoms with Gasteiger partial charge >= 0.3 is 0 Å². The number of benzene rings is 1. The zero-order valence-corrected chi connectivity index (χ0v) is 18.8. The van der Waals surface area contributed by atoms with E-state index in [1.54, 1.807) is 30.6 Å². The fourth-order valence-corrected chi connectivity index (χ4v) is 4.61. The lowest BCUT2D eigenvalue weighted by molar-refractivity contribution is -0.129. The number of hydrogen-bond acceptors (Lipinski definition) is 5. The Morgan fingerprint density at radius 1 is 1.20 bits per heavy atom. The molecule has 3 heterocycles. The Labute approximate surface area is 189 Å². The molecule has 2 aromatic heterocycles. The summed E-state index contributed by atoms with van der Waals surface area (Å²) in [4.78, 5) is 18.8. The molecule has 0 unspecified atom stereocenters. The van der Waals surface area contributed by atoms with Gasteiger partial charge in [0.2, 0.25) is 5.91 Å². The lowest BCUT2D eigenvalue weighted by atomic mass is 9.99. The summed E-state index contributed by atoms with van der Waals surface area (Å²) in [7, 11) is 0. The fraction of sp³-hybridized carbons (Fsp3) is 0.333. The topological polar surface area (TPSA) is 63.9 Å². The SMILES string of the molecule is CC1CCN(C(=O)CSc2nnc(-c3cccnc3)n2-c2cc(Cl)ccc2Cl)CC1. The first-order valence-electron chi connectivity index (χ1n) is 9.74. The maximum Gasteiger partial charge on any atom is 0.233 e. The first-order valence-corrected chi connectivity index (χ1v) is 11.5. The molecule has 3 aromatic rings. The standard InChI is InChI=1S/C21H21Cl2N5OS/c1-14-6-9-27(10-7-14)19(29)13-30-21-26-25-20(15-3-2-8-24-12-15)28(21)18-11-16(22)4-5-17(18)23/h2-5,8,11-12,14H,6-7,9-10,13H2,1H3. The lowest BCUT2D eigenvalue weighted by Crippen LogP contribution is -2.38. The Morgan fingerprint density at radius 2 is 2.00 bits per heavy atom. The Hall–Kier alpha value is -2.09. The second-order valence-electron chi connectivity index (χ2n) is 7.33. The van der Waals surface area contributed by atoms with Gasteiger partial charge in [0.15, 0.2) is 11.0 Å². The van der Waals surface area contributed by atoms with Crippen LogP contribution in [0.25, 0.3) is 17.1 Å². The predicted molar refractivity (Wildman–Crippen MR) is 120 cm³/mol. The fourth-order valence-electron chi connectivity index (χ4n) is 3.40. The van der Waals surface area contributed by atoms with E-state index in [0.29, 0.717) is 32.6 Å². The molecule has 1 aliphatic heterocycles. The summed E-state index contributed by atoms with van der Waals surface area (Å²) in [5, 5.41) is 10.4. The molecule has 30 heavy (non-hydrogen) atoms. The molecule has 1 amide bonds. The highest BCUT2D eigenvalue weighted by atomic mass is 35.5. The van der Waals surface area contributed by atoms with Gasteiger partial charge in [-0.3, -0.25) is 14.3 Å². The van der Waals surface area contributed by atoms with E-state index < -0.39 is 0 Å². The number of aromatic nitrogens is 4. The quantitative estimate of drug-likeness (QED) is 0.500. The number of amides is 1. The molecule has 9 heteroatoms. The second kappa shape index (κ2) is 9.37. The van der Waals surface area contributed by atoms with Crippen LogP contribution in [0.5, 0.6) is 0 Å². The molecule has 0 N–H and O–H groups in total. The van der Waals surface area contributed by atoms with Crippen molar-refractivity contribution in [2.75, 3.05) is 18.8 Å². The van der Waals surface area contributed by atoms with Gasteiger partial charge in [-0.25, -0.2) is 0 Å². The van der Waals surface area contributed by atoms with E-state index in [9.17, 15) is 4.79 Å². The summed E-state index contributed by atoms with van der Waals surface area (Å²) in [6.07, 6.45) is 5.52. The van der Waals surface area contributed by atoms with Crippen molar-refractivity contribution in [1.29, 1.82) is 0 Å². The molecule has 0 aliphatic carbocycles. The number of carbonyl (C=O) groups is 1. The van der Waals surface area contributed by atoms with Gasteiger partial charge in [0.05, 0.1) is 16.5 Å². The third-order valence-electron chi connectivity index (χ3n) is 5.16. The highest BCUT2D eigenvalue weighted by Gasteiger charge is 2.23. The van der Waals surface area contributed by atoms with E-state index in [0.717, 1.165) is 31.5 Å². The lowest BCUT2D eigenvalue weighted by Gasteiger charge is -2.30. The van der Waals surface area contributed by atoms with Crippen LogP contribution in [0.15, 0.2) is 47.9 Å². The maximum absolute atomic E-state index is 12.7. The van der Waals surface area contributed by atoms with Gasteiger partial charge in [-0.05, 0) is 49.1 Å². The van der Waals surface area contributed by atoms with Gasteiger partial charge in [0.1, 0.15) is 0 Å². The van der Waals surface area contributed by atoms with Crippen LogP contribution in [0.2, 0.25) is 10.0 Å².